The molecule has 0 aromatic heterocycles. The minimum absolute atomic E-state index is 0.120. The van der Waals surface area contributed by atoms with Crippen molar-refractivity contribution in [1.29, 1.82) is 0 Å². The Kier molecular flexibility index (Phi) is 5.36. The first-order valence-corrected chi connectivity index (χ1v) is 7.40. The largest absolute Gasteiger partial charge is 0.396 e. The number of carbonyl (C=O) groups excluding carboxylic acids is 1. The number of amides is 1. The highest BCUT2D eigenvalue weighted by Gasteiger charge is 2.24. The number of aliphatic hydroxyl groups is 1. The van der Waals surface area contributed by atoms with Gasteiger partial charge in [0, 0.05) is 25.3 Å². The lowest BCUT2D eigenvalue weighted by atomic mass is 9.97. The molecule has 0 saturated carbocycles. The number of nitrogens with zero attached hydrogens (tertiary/aromatic N) is 1. The lowest BCUT2D eigenvalue weighted by molar-refractivity contribution is -0.129. The summed E-state index contributed by atoms with van der Waals surface area (Å²) in [6.07, 6.45) is 4.71. The van der Waals surface area contributed by atoms with Gasteiger partial charge >= 0.3 is 0 Å². The van der Waals surface area contributed by atoms with E-state index in [1.54, 1.807) is 0 Å². The SMILES string of the molecule is CC/C(=C\c1ccccc1)C(=O)N1CCCC(CO)C1. The molecule has 1 fully saturated rings. The normalized spacial score (nSPS) is 20.0. The molecule has 108 valence electrons. The lowest BCUT2D eigenvalue weighted by Crippen LogP contribution is -2.41. The lowest BCUT2D eigenvalue weighted by Gasteiger charge is -2.32. The Morgan fingerprint density at radius 2 is 2.15 bits per heavy atom. The molecule has 1 heterocycles. The smallest absolute Gasteiger partial charge is 0.249 e. The maximum absolute atomic E-state index is 12.6. The van der Waals surface area contributed by atoms with Crippen molar-refractivity contribution in [3.63, 3.8) is 0 Å². The highest BCUT2D eigenvalue weighted by Crippen LogP contribution is 2.20. The van der Waals surface area contributed by atoms with Crippen molar-refractivity contribution in [2.45, 2.75) is 26.2 Å². The first-order chi connectivity index (χ1) is 9.74. The van der Waals surface area contributed by atoms with E-state index in [-0.39, 0.29) is 18.4 Å². The Hall–Kier alpha value is -1.61. The number of carbonyl (C=O) groups is 1. The predicted molar refractivity (Wildman–Crippen MR) is 81.1 cm³/mol. The number of piperidine rings is 1. The molecular formula is C17H23NO2. The molecule has 0 bridgehead atoms. The molecule has 20 heavy (non-hydrogen) atoms. The fraction of sp³-hybridized carbons (Fsp3) is 0.471. The Morgan fingerprint density at radius 1 is 1.40 bits per heavy atom. The molecule has 1 aliphatic rings. The van der Waals surface area contributed by atoms with Gasteiger partial charge in [-0.1, -0.05) is 37.3 Å². The molecule has 1 aromatic rings. The third kappa shape index (κ3) is 3.70. The predicted octanol–water partition coefficient (Wildman–Crippen LogP) is 2.71. The van der Waals surface area contributed by atoms with E-state index < -0.39 is 0 Å². The van der Waals surface area contributed by atoms with Crippen LogP contribution >= 0.6 is 0 Å². The summed E-state index contributed by atoms with van der Waals surface area (Å²) in [5.74, 6) is 0.358. The van der Waals surface area contributed by atoms with Crippen LogP contribution in [0, 0.1) is 5.92 Å². The van der Waals surface area contributed by atoms with Gasteiger partial charge in [-0.05, 0) is 36.8 Å². The molecule has 1 N–H and O–H groups in total. The third-order valence-electron chi connectivity index (χ3n) is 3.86. The van der Waals surface area contributed by atoms with E-state index in [1.807, 2.05) is 48.2 Å². The second-order valence-corrected chi connectivity index (χ2v) is 5.38. The minimum atomic E-state index is 0.120. The van der Waals surface area contributed by atoms with Crippen molar-refractivity contribution in [1.82, 2.24) is 4.90 Å². The summed E-state index contributed by atoms with van der Waals surface area (Å²) in [5.41, 5.74) is 1.91. The summed E-state index contributed by atoms with van der Waals surface area (Å²) in [7, 11) is 0. The van der Waals surface area contributed by atoms with Gasteiger partial charge in [0.25, 0.3) is 0 Å². The van der Waals surface area contributed by atoms with Crippen molar-refractivity contribution < 1.29 is 9.90 Å². The summed E-state index contributed by atoms with van der Waals surface area (Å²) in [6.45, 7) is 3.68. The zero-order valence-electron chi connectivity index (χ0n) is 12.1. The van der Waals surface area contributed by atoms with Crippen LogP contribution in [0.3, 0.4) is 0 Å². The molecule has 1 aromatic carbocycles. The standard InChI is InChI=1S/C17H23NO2/c1-2-16(11-14-7-4-3-5-8-14)17(20)18-10-6-9-15(12-18)13-19/h3-5,7-8,11,15,19H,2,6,9-10,12-13H2,1H3/b16-11+. The molecule has 1 aliphatic heterocycles. The van der Waals surface area contributed by atoms with Crippen LogP contribution in [0.1, 0.15) is 31.7 Å². The van der Waals surface area contributed by atoms with Gasteiger partial charge in [-0.2, -0.15) is 0 Å². The van der Waals surface area contributed by atoms with E-state index in [2.05, 4.69) is 0 Å². The van der Waals surface area contributed by atoms with Crippen LogP contribution < -0.4 is 0 Å². The summed E-state index contributed by atoms with van der Waals surface area (Å²) < 4.78 is 0. The van der Waals surface area contributed by atoms with Crippen molar-refractivity contribution in [2.75, 3.05) is 19.7 Å². The van der Waals surface area contributed by atoms with Crippen LogP contribution in [0.15, 0.2) is 35.9 Å². The molecule has 1 amide bonds. The van der Waals surface area contributed by atoms with E-state index in [0.29, 0.717) is 6.54 Å². The summed E-state index contributed by atoms with van der Waals surface area (Å²) in [5, 5.41) is 9.27. The van der Waals surface area contributed by atoms with Crippen molar-refractivity contribution in [2.24, 2.45) is 5.92 Å². The summed E-state index contributed by atoms with van der Waals surface area (Å²) in [4.78, 5) is 14.5. The van der Waals surface area contributed by atoms with Crippen molar-refractivity contribution in [3.05, 3.63) is 41.5 Å². The van der Waals surface area contributed by atoms with Crippen LogP contribution in [0.2, 0.25) is 0 Å². The van der Waals surface area contributed by atoms with Crippen molar-refractivity contribution in [3.8, 4) is 0 Å². The van der Waals surface area contributed by atoms with E-state index in [0.717, 1.165) is 36.9 Å². The van der Waals surface area contributed by atoms with Gasteiger partial charge in [-0.25, -0.2) is 0 Å². The van der Waals surface area contributed by atoms with Gasteiger partial charge in [0.05, 0.1) is 0 Å². The highest BCUT2D eigenvalue weighted by molar-refractivity contribution is 5.97. The van der Waals surface area contributed by atoms with Crippen molar-refractivity contribution >= 4 is 12.0 Å². The van der Waals surface area contributed by atoms with Gasteiger partial charge < -0.3 is 10.0 Å². The van der Waals surface area contributed by atoms with Crippen LogP contribution in [0.5, 0.6) is 0 Å². The average molecular weight is 273 g/mol. The van der Waals surface area contributed by atoms with E-state index in [9.17, 15) is 9.90 Å². The van der Waals surface area contributed by atoms with Crippen LogP contribution in [0.25, 0.3) is 6.08 Å². The highest BCUT2D eigenvalue weighted by atomic mass is 16.3. The van der Waals surface area contributed by atoms with E-state index in [4.69, 9.17) is 0 Å². The molecule has 0 aliphatic carbocycles. The quantitative estimate of drug-likeness (QED) is 0.857. The molecular weight excluding hydrogens is 250 g/mol. The second-order valence-electron chi connectivity index (χ2n) is 5.38. The fourth-order valence-corrected chi connectivity index (χ4v) is 2.67. The van der Waals surface area contributed by atoms with Crippen LogP contribution in [-0.2, 0) is 4.79 Å². The molecule has 1 unspecified atom stereocenters. The number of hydrogen-bond donors (Lipinski definition) is 1. The number of benzene rings is 1. The van der Waals surface area contributed by atoms with Gasteiger partial charge in [0.15, 0.2) is 0 Å². The first kappa shape index (κ1) is 14.8. The second kappa shape index (κ2) is 7.25. The maximum atomic E-state index is 12.6. The monoisotopic (exact) mass is 273 g/mol. The van der Waals surface area contributed by atoms with Gasteiger partial charge in [0.2, 0.25) is 5.91 Å². The molecule has 0 radical (unpaired) electrons. The molecule has 1 saturated heterocycles. The van der Waals surface area contributed by atoms with Gasteiger partial charge in [0.1, 0.15) is 0 Å². The van der Waals surface area contributed by atoms with Crippen LogP contribution in [0.4, 0.5) is 0 Å². The Morgan fingerprint density at radius 3 is 2.80 bits per heavy atom. The van der Waals surface area contributed by atoms with Gasteiger partial charge in [-0.15, -0.1) is 0 Å². The zero-order chi connectivity index (χ0) is 14.4. The first-order valence-electron chi connectivity index (χ1n) is 7.40. The molecule has 3 nitrogen and oxygen atoms in total. The molecule has 3 heteroatoms. The molecule has 2 rings (SSSR count). The van der Waals surface area contributed by atoms with Crippen LogP contribution in [-0.4, -0.2) is 35.6 Å². The topological polar surface area (TPSA) is 40.5 Å². The number of hydrogen-bond acceptors (Lipinski definition) is 2. The molecule has 1 atom stereocenters. The summed E-state index contributed by atoms with van der Waals surface area (Å²) in [6, 6.07) is 9.95. The average Bonchev–Trinajstić information content (AvgIpc) is 2.53. The number of rotatable bonds is 4. The van der Waals surface area contributed by atoms with E-state index >= 15 is 0 Å². The molecule has 0 spiro atoms. The summed E-state index contributed by atoms with van der Waals surface area (Å²) >= 11 is 0. The maximum Gasteiger partial charge on any atom is 0.249 e. The van der Waals surface area contributed by atoms with Gasteiger partial charge in [-0.3, -0.25) is 4.79 Å². The minimum Gasteiger partial charge on any atom is -0.396 e. The number of aliphatic hydroxyl groups excluding tert-OH is 1. The number of likely N-dealkylation sites (tertiary alicyclic amines) is 1. The fourth-order valence-electron chi connectivity index (χ4n) is 2.67. The zero-order valence-corrected chi connectivity index (χ0v) is 12.1. The third-order valence-corrected chi connectivity index (χ3v) is 3.86. The Bertz CT molecular complexity index is 467. The Balaban J connectivity index is 2.11. The Labute approximate surface area is 120 Å². The van der Waals surface area contributed by atoms with E-state index in [1.165, 1.54) is 0 Å².